The number of alkyl carbamates (subject to hydrolysis) is 1. The van der Waals surface area contributed by atoms with E-state index in [9.17, 15) is 19.5 Å². The maximum absolute atomic E-state index is 12.6. The van der Waals surface area contributed by atoms with Gasteiger partial charge in [0, 0.05) is 6.61 Å². The number of amides is 1. The fourth-order valence-electron chi connectivity index (χ4n) is 3.55. The molecule has 1 fully saturated rings. The summed E-state index contributed by atoms with van der Waals surface area (Å²) < 4.78 is 15.0. The number of amidine groups is 1. The second-order valence-corrected chi connectivity index (χ2v) is 7.94. The summed E-state index contributed by atoms with van der Waals surface area (Å²) in [4.78, 5) is 41.8. The van der Waals surface area contributed by atoms with Crippen LogP contribution in [-0.2, 0) is 35.2 Å². The number of hydrogen-bond acceptors (Lipinski definition) is 9. The monoisotopic (exact) mass is 491 g/mol. The van der Waals surface area contributed by atoms with Crippen molar-refractivity contribution >= 4 is 23.9 Å². The number of ether oxygens (including phenoxy) is 3. The van der Waals surface area contributed by atoms with Gasteiger partial charge in [0.05, 0.1) is 19.3 Å². The first-order chi connectivity index (χ1) is 16.8. The number of carbonyl (C=O) groups is 3. The zero-order valence-corrected chi connectivity index (χ0v) is 20.0. The quantitative estimate of drug-likeness (QED) is 0.0801. The Labute approximate surface area is 204 Å². The first-order valence-electron chi connectivity index (χ1n) is 11.5. The highest BCUT2D eigenvalue weighted by Crippen LogP contribution is 2.32. The Bertz CT molecular complexity index is 909. The van der Waals surface area contributed by atoms with Crippen molar-refractivity contribution in [3.8, 4) is 0 Å². The molecule has 4 N–H and O–H groups in total. The normalized spacial score (nSPS) is 20.5. The van der Waals surface area contributed by atoms with Gasteiger partial charge in [-0.2, -0.15) is 0 Å². The highest BCUT2D eigenvalue weighted by Gasteiger charge is 2.41. The number of oxime groups is 1. The molecule has 1 amide bonds. The number of benzene rings is 1. The van der Waals surface area contributed by atoms with E-state index in [1.165, 1.54) is 0 Å². The van der Waals surface area contributed by atoms with E-state index in [4.69, 9.17) is 24.8 Å². The summed E-state index contributed by atoms with van der Waals surface area (Å²) in [6.07, 6.45) is 1.95. The second kappa shape index (κ2) is 14.0. The molecule has 1 aliphatic carbocycles. The third-order valence-corrected chi connectivity index (χ3v) is 5.52. The lowest BCUT2D eigenvalue weighted by Gasteiger charge is -2.39. The molecule has 0 aliphatic heterocycles. The van der Waals surface area contributed by atoms with Crippen LogP contribution < -0.4 is 11.1 Å². The van der Waals surface area contributed by atoms with Gasteiger partial charge in [0.25, 0.3) is 0 Å². The van der Waals surface area contributed by atoms with Crippen molar-refractivity contribution in [1.29, 1.82) is 0 Å². The summed E-state index contributed by atoms with van der Waals surface area (Å²) in [6, 6.07) is 9.18. The first-order valence-corrected chi connectivity index (χ1v) is 11.5. The van der Waals surface area contributed by atoms with E-state index in [1.54, 1.807) is 13.8 Å². The van der Waals surface area contributed by atoms with Crippen LogP contribution in [0.15, 0.2) is 47.3 Å². The summed E-state index contributed by atoms with van der Waals surface area (Å²) in [7, 11) is 0. The molecule has 1 aromatic carbocycles. The lowest BCUT2D eigenvalue weighted by atomic mass is 9.76. The number of aliphatic hydroxyl groups is 1. The van der Waals surface area contributed by atoms with Gasteiger partial charge in [-0.3, -0.25) is 0 Å². The molecule has 2 rings (SSSR count). The zero-order chi connectivity index (χ0) is 25.7. The highest BCUT2D eigenvalue weighted by atomic mass is 16.7. The summed E-state index contributed by atoms with van der Waals surface area (Å²) in [6.45, 7) is 3.42. The Morgan fingerprint density at radius 1 is 1.11 bits per heavy atom. The maximum Gasteiger partial charge on any atom is 0.408 e. The van der Waals surface area contributed by atoms with E-state index in [1.807, 2.05) is 30.3 Å². The van der Waals surface area contributed by atoms with Crippen molar-refractivity contribution in [2.45, 2.75) is 51.7 Å². The van der Waals surface area contributed by atoms with Crippen LogP contribution in [0.4, 0.5) is 4.79 Å². The number of hydrogen-bond donors (Lipinski definition) is 3. The smallest absolute Gasteiger partial charge is 0.408 e. The summed E-state index contributed by atoms with van der Waals surface area (Å²) in [5.41, 5.74) is 5.91. The van der Waals surface area contributed by atoms with Crippen molar-refractivity contribution in [1.82, 2.24) is 5.32 Å². The number of esters is 2. The maximum atomic E-state index is 12.6. The number of carbonyl (C=O) groups excluding carboxylic acids is 3. The number of nitrogens with zero attached hydrogens (tertiary/aromatic N) is 1. The molecule has 11 nitrogen and oxygen atoms in total. The predicted octanol–water partition coefficient (Wildman–Crippen LogP) is 2.13. The molecule has 0 atom stereocenters. The molecule has 0 aromatic heterocycles. The van der Waals surface area contributed by atoms with Crippen LogP contribution in [0.1, 0.15) is 45.1 Å². The Balaban J connectivity index is 2.19. The molecule has 35 heavy (non-hydrogen) atoms. The minimum absolute atomic E-state index is 0.0113. The molecule has 0 heterocycles. The zero-order valence-electron chi connectivity index (χ0n) is 20.0. The van der Waals surface area contributed by atoms with Crippen molar-refractivity contribution in [2.75, 3.05) is 19.8 Å². The molecule has 0 saturated heterocycles. The predicted molar refractivity (Wildman–Crippen MR) is 126 cm³/mol. The molecule has 1 aromatic rings. The Hall–Kier alpha value is -3.60. The van der Waals surface area contributed by atoms with E-state index < -0.39 is 29.3 Å². The molecule has 0 spiro atoms. The molecule has 1 aliphatic rings. The third kappa shape index (κ3) is 8.60. The number of nitrogens with two attached hydrogens (primary N) is 1. The van der Waals surface area contributed by atoms with Crippen LogP contribution in [0.5, 0.6) is 0 Å². The molecule has 11 heteroatoms. The van der Waals surface area contributed by atoms with Gasteiger partial charge in [-0.1, -0.05) is 35.5 Å². The van der Waals surface area contributed by atoms with Crippen LogP contribution >= 0.6 is 0 Å². The number of rotatable bonds is 11. The van der Waals surface area contributed by atoms with E-state index in [0.29, 0.717) is 25.7 Å². The van der Waals surface area contributed by atoms with Crippen LogP contribution in [-0.4, -0.2) is 54.3 Å². The molecule has 192 valence electrons. The van der Waals surface area contributed by atoms with Gasteiger partial charge in [-0.25, -0.2) is 14.4 Å². The van der Waals surface area contributed by atoms with E-state index in [2.05, 4.69) is 10.5 Å². The number of nitrogens with one attached hydrogen (secondary N) is 1. The first kappa shape index (κ1) is 27.6. The molecule has 0 radical (unpaired) electrons. The van der Waals surface area contributed by atoms with Gasteiger partial charge in [0.1, 0.15) is 12.1 Å². The van der Waals surface area contributed by atoms with Gasteiger partial charge in [-0.05, 0) is 51.0 Å². The molecular weight excluding hydrogens is 458 g/mol. The van der Waals surface area contributed by atoms with Crippen molar-refractivity contribution in [2.24, 2.45) is 16.8 Å². The standard InChI is InChI=1S/C24H33N3O8/c1-3-32-20(29)14-19(21(30)33-4-2)35-27-22(25)24(12-10-17(15-28)11-13-24)26-23(31)34-16-18-8-6-5-7-9-18/h5-9,14,17,28H,3-4,10-13,15-16H2,1-2H3,(H2,25,27)(H,26,31). The third-order valence-electron chi connectivity index (χ3n) is 5.52. The minimum atomic E-state index is -1.14. The minimum Gasteiger partial charge on any atom is -0.463 e. The number of aliphatic hydroxyl groups excluding tert-OH is 1. The Kier molecular flexibility index (Phi) is 11.0. The van der Waals surface area contributed by atoms with Crippen molar-refractivity contribution in [3.63, 3.8) is 0 Å². The fourth-order valence-corrected chi connectivity index (χ4v) is 3.55. The summed E-state index contributed by atoms with van der Waals surface area (Å²) in [5.74, 6) is -2.32. The lowest BCUT2D eigenvalue weighted by Crippen LogP contribution is -2.59. The average Bonchev–Trinajstić information content (AvgIpc) is 2.86. The van der Waals surface area contributed by atoms with Gasteiger partial charge >= 0.3 is 18.0 Å². The van der Waals surface area contributed by atoms with Crippen molar-refractivity contribution in [3.05, 3.63) is 47.7 Å². The van der Waals surface area contributed by atoms with Crippen LogP contribution in [0.25, 0.3) is 0 Å². The van der Waals surface area contributed by atoms with Gasteiger partial charge in [-0.15, -0.1) is 0 Å². The topological polar surface area (TPSA) is 159 Å². The largest absolute Gasteiger partial charge is 0.463 e. The summed E-state index contributed by atoms with van der Waals surface area (Å²) >= 11 is 0. The van der Waals surface area contributed by atoms with Gasteiger partial charge in [0.2, 0.25) is 5.76 Å². The highest BCUT2D eigenvalue weighted by molar-refractivity contribution is 5.95. The van der Waals surface area contributed by atoms with Crippen LogP contribution in [0, 0.1) is 5.92 Å². The average molecular weight is 492 g/mol. The van der Waals surface area contributed by atoms with Gasteiger partial charge in [0.15, 0.2) is 5.84 Å². The molecule has 1 saturated carbocycles. The molecular formula is C24H33N3O8. The SMILES string of the molecule is CCOC(=O)C=C(ON=C(N)C1(NC(=O)OCc2ccccc2)CCC(CO)CC1)C(=O)OCC. The lowest BCUT2D eigenvalue weighted by molar-refractivity contribution is -0.144. The fraction of sp³-hybridized carbons (Fsp3) is 0.500. The van der Waals surface area contributed by atoms with E-state index >= 15 is 0 Å². The Morgan fingerprint density at radius 3 is 2.37 bits per heavy atom. The second-order valence-electron chi connectivity index (χ2n) is 7.94. The van der Waals surface area contributed by atoms with Crippen LogP contribution in [0.2, 0.25) is 0 Å². The van der Waals surface area contributed by atoms with E-state index in [0.717, 1.165) is 11.6 Å². The van der Waals surface area contributed by atoms with E-state index in [-0.39, 0.29) is 38.2 Å². The Morgan fingerprint density at radius 2 is 1.77 bits per heavy atom. The van der Waals surface area contributed by atoms with Crippen LogP contribution in [0.3, 0.4) is 0 Å². The van der Waals surface area contributed by atoms with Gasteiger partial charge < -0.3 is 35.2 Å². The molecule has 0 unspecified atom stereocenters. The van der Waals surface area contributed by atoms with Crippen molar-refractivity contribution < 1.29 is 38.5 Å². The molecule has 0 bridgehead atoms. The summed E-state index contributed by atoms with van der Waals surface area (Å²) in [5, 5.41) is 16.1.